The topological polar surface area (TPSA) is 70.8 Å². The van der Waals surface area contributed by atoms with Crippen molar-refractivity contribution in [3.05, 3.63) is 39.9 Å². The minimum Gasteiger partial charge on any atom is -0.352 e. The van der Waals surface area contributed by atoms with Crippen LogP contribution in [0.4, 0.5) is 5.69 Å². The number of hydrogen-bond donors (Lipinski definition) is 1. The second-order valence-corrected chi connectivity index (χ2v) is 6.85. The molecule has 1 aliphatic heterocycles. The van der Waals surface area contributed by atoms with Crippen LogP contribution in [-0.4, -0.2) is 34.9 Å². The second-order valence-electron chi connectivity index (χ2n) is 6.85. The Morgan fingerprint density at radius 1 is 1.30 bits per heavy atom. The Balaban J connectivity index is 0.00000264. The lowest BCUT2D eigenvalue weighted by molar-refractivity contribution is -0.384. The Bertz CT molecular complexity index is 597. The maximum Gasteiger partial charge on any atom is 0.269 e. The van der Waals surface area contributed by atoms with Crippen molar-refractivity contribution in [2.45, 2.75) is 39.8 Å². The second kappa shape index (κ2) is 7.02. The van der Waals surface area contributed by atoms with E-state index in [1.165, 1.54) is 12.1 Å². The van der Waals surface area contributed by atoms with Crippen molar-refractivity contribution in [2.75, 3.05) is 13.6 Å². The summed E-state index contributed by atoms with van der Waals surface area (Å²) in [6.45, 7) is 10.5. The molecular weight excluding hydrogens is 407 g/mol. The molecule has 23 heavy (non-hydrogen) atoms. The van der Waals surface area contributed by atoms with Crippen LogP contribution in [-0.2, 0) is 6.54 Å². The van der Waals surface area contributed by atoms with Crippen molar-refractivity contribution < 1.29 is 4.92 Å². The van der Waals surface area contributed by atoms with Crippen LogP contribution in [0.3, 0.4) is 0 Å². The van der Waals surface area contributed by atoms with E-state index in [1.807, 2.05) is 0 Å². The molecule has 0 bridgehead atoms. The van der Waals surface area contributed by atoms with Crippen LogP contribution < -0.4 is 5.32 Å². The van der Waals surface area contributed by atoms with Crippen molar-refractivity contribution in [2.24, 2.45) is 10.4 Å². The number of rotatable bonds is 3. The molecule has 1 fully saturated rings. The van der Waals surface area contributed by atoms with Gasteiger partial charge in [0.05, 0.1) is 4.92 Å². The van der Waals surface area contributed by atoms with Crippen LogP contribution in [0.2, 0.25) is 0 Å². The molecule has 1 saturated heterocycles. The molecule has 2 rings (SSSR count). The molecule has 1 heterocycles. The zero-order chi connectivity index (χ0) is 16.5. The summed E-state index contributed by atoms with van der Waals surface area (Å²) >= 11 is 0. The van der Waals surface area contributed by atoms with E-state index in [-0.39, 0.29) is 45.5 Å². The first-order valence-electron chi connectivity index (χ1n) is 7.41. The average Bonchev–Trinajstić information content (AvgIpc) is 2.47. The summed E-state index contributed by atoms with van der Waals surface area (Å²) in [5, 5.41) is 14.0. The van der Waals surface area contributed by atoms with E-state index < -0.39 is 0 Å². The zero-order valence-corrected chi connectivity index (χ0v) is 16.6. The molecule has 1 N–H and O–H groups in total. The summed E-state index contributed by atoms with van der Waals surface area (Å²) in [6.07, 6.45) is 0. The first kappa shape index (κ1) is 19.7. The third-order valence-electron chi connectivity index (χ3n) is 4.95. The van der Waals surface area contributed by atoms with Gasteiger partial charge in [0.1, 0.15) is 0 Å². The fraction of sp³-hybridized carbons (Fsp3) is 0.562. The number of nitrogens with one attached hydrogen (secondary N) is 1. The highest BCUT2D eigenvalue weighted by molar-refractivity contribution is 14.0. The van der Waals surface area contributed by atoms with Gasteiger partial charge in [0, 0.05) is 43.2 Å². The van der Waals surface area contributed by atoms with Gasteiger partial charge < -0.3 is 10.2 Å². The monoisotopic (exact) mass is 432 g/mol. The number of nitro benzene ring substituents is 1. The molecule has 1 aromatic carbocycles. The Morgan fingerprint density at radius 3 is 2.26 bits per heavy atom. The SMILES string of the molecule is CN=C(NCc1ccc([N+](=O)[O-])cc1)N1CC(C)(C)C1(C)C.I. The minimum absolute atomic E-state index is 0. The third kappa shape index (κ3) is 3.76. The van der Waals surface area contributed by atoms with E-state index in [0.717, 1.165) is 18.1 Å². The predicted octanol–water partition coefficient (Wildman–Crippen LogP) is 3.41. The van der Waals surface area contributed by atoms with Crippen LogP contribution in [0.25, 0.3) is 0 Å². The molecule has 0 saturated carbocycles. The molecule has 6 nitrogen and oxygen atoms in total. The molecule has 0 unspecified atom stereocenters. The van der Waals surface area contributed by atoms with Crippen molar-refractivity contribution in [3.63, 3.8) is 0 Å². The van der Waals surface area contributed by atoms with E-state index in [0.29, 0.717) is 6.54 Å². The van der Waals surface area contributed by atoms with Crippen LogP contribution in [0.1, 0.15) is 33.3 Å². The van der Waals surface area contributed by atoms with E-state index >= 15 is 0 Å². The number of benzene rings is 1. The van der Waals surface area contributed by atoms with Crippen LogP contribution >= 0.6 is 24.0 Å². The largest absolute Gasteiger partial charge is 0.352 e. The molecule has 0 atom stereocenters. The minimum atomic E-state index is -0.388. The number of aliphatic imine (C=N–C) groups is 1. The van der Waals surface area contributed by atoms with E-state index in [2.05, 4.69) is 42.9 Å². The lowest BCUT2D eigenvalue weighted by atomic mass is 9.65. The van der Waals surface area contributed by atoms with Gasteiger partial charge in [0.2, 0.25) is 0 Å². The molecular formula is C16H25IN4O2. The summed E-state index contributed by atoms with van der Waals surface area (Å²) < 4.78 is 0. The fourth-order valence-electron chi connectivity index (χ4n) is 2.61. The van der Waals surface area contributed by atoms with Gasteiger partial charge in [-0.3, -0.25) is 15.1 Å². The van der Waals surface area contributed by atoms with Gasteiger partial charge in [-0.1, -0.05) is 26.0 Å². The highest BCUT2D eigenvalue weighted by atomic mass is 127. The standard InChI is InChI=1S/C16H24N4O2.HI/c1-15(2)11-19(16(15,3)4)14(17-5)18-10-12-6-8-13(9-7-12)20(21)22;/h6-9H,10-11H2,1-5H3,(H,17,18);1H. The Labute approximate surface area is 154 Å². The quantitative estimate of drug-likeness (QED) is 0.261. The van der Waals surface area contributed by atoms with Gasteiger partial charge >= 0.3 is 0 Å². The number of hydrogen-bond acceptors (Lipinski definition) is 3. The van der Waals surface area contributed by atoms with Crippen LogP contribution in [0.15, 0.2) is 29.3 Å². The molecule has 0 aliphatic carbocycles. The van der Waals surface area contributed by atoms with E-state index in [9.17, 15) is 10.1 Å². The normalized spacial score (nSPS) is 18.7. The predicted molar refractivity (Wildman–Crippen MR) is 103 cm³/mol. The Hall–Kier alpha value is -1.38. The smallest absolute Gasteiger partial charge is 0.269 e. The highest BCUT2D eigenvalue weighted by Gasteiger charge is 2.53. The van der Waals surface area contributed by atoms with Crippen LogP contribution in [0.5, 0.6) is 0 Å². The van der Waals surface area contributed by atoms with Gasteiger partial charge in [0.25, 0.3) is 5.69 Å². The lowest BCUT2D eigenvalue weighted by Crippen LogP contribution is -2.72. The Kier molecular flexibility index (Phi) is 6.00. The molecule has 1 aliphatic rings. The van der Waals surface area contributed by atoms with Crippen molar-refractivity contribution >= 4 is 35.6 Å². The number of nitrogens with zero attached hydrogens (tertiary/aromatic N) is 3. The summed E-state index contributed by atoms with van der Waals surface area (Å²) in [5.41, 5.74) is 1.39. The summed E-state index contributed by atoms with van der Waals surface area (Å²) in [4.78, 5) is 16.9. The molecule has 0 radical (unpaired) electrons. The number of guanidine groups is 1. The fourth-order valence-corrected chi connectivity index (χ4v) is 2.61. The molecule has 0 amide bonds. The average molecular weight is 432 g/mol. The Morgan fingerprint density at radius 2 is 1.87 bits per heavy atom. The van der Waals surface area contributed by atoms with E-state index in [4.69, 9.17) is 0 Å². The molecule has 7 heteroatoms. The molecule has 0 spiro atoms. The summed E-state index contributed by atoms with van der Waals surface area (Å²) in [5.74, 6) is 0.864. The highest BCUT2D eigenvalue weighted by Crippen LogP contribution is 2.46. The molecule has 1 aromatic rings. The number of halogens is 1. The van der Waals surface area contributed by atoms with Gasteiger partial charge in [-0.25, -0.2) is 0 Å². The van der Waals surface area contributed by atoms with E-state index in [1.54, 1.807) is 19.2 Å². The first-order valence-corrected chi connectivity index (χ1v) is 7.41. The van der Waals surface area contributed by atoms with Gasteiger partial charge in [-0.05, 0) is 19.4 Å². The molecule has 0 aromatic heterocycles. The van der Waals surface area contributed by atoms with Crippen LogP contribution in [0, 0.1) is 15.5 Å². The number of non-ortho nitro benzene ring substituents is 1. The number of nitro groups is 1. The maximum atomic E-state index is 10.7. The lowest BCUT2D eigenvalue weighted by Gasteiger charge is -2.62. The van der Waals surface area contributed by atoms with Crippen molar-refractivity contribution in [1.29, 1.82) is 0 Å². The van der Waals surface area contributed by atoms with Crippen molar-refractivity contribution in [1.82, 2.24) is 10.2 Å². The van der Waals surface area contributed by atoms with Gasteiger partial charge in [0.15, 0.2) is 5.96 Å². The summed E-state index contributed by atoms with van der Waals surface area (Å²) in [7, 11) is 1.78. The number of likely N-dealkylation sites (tertiary alicyclic amines) is 1. The first-order chi connectivity index (χ1) is 10.2. The molecule has 128 valence electrons. The summed E-state index contributed by atoms with van der Waals surface area (Å²) in [6, 6.07) is 6.58. The zero-order valence-electron chi connectivity index (χ0n) is 14.3. The van der Waals surface area contributed by atoms with Gasteiger partial charge in [-0.15, -0.1) is 24.0 Å². The maximum absolute atomic E-state index is 10.7. The van der Waals surface area contributed by atoms with Gasteiger partial charge in [-0.2, -0.15) is 0 Å². The van der Waals surface area contributed by atoms with Crippen molar-refractivity contribution in [3.8, 4) is 0 Å². The third-order valence-corrected chi connectivity index (χ3v) is 4.95.